The summed E-state index contributed by atoms with van der Waals surface area (Å²) in [5, 5.41) is 0. The third-order valence-electron chi connectivity index (χ3n) is 3.31. The van der Waals surface area contributed by atoms with Crippen molar-refractivity contribution in [3.05, 3.63) is 42.5 Å². The molecule has 0 spiro atoms. The summed E-state index contributed by atoms with van der Waals surface area (Å²) in [4.78, 5) is 25.3. The van der Waals surface area contributed by atoms with E-state index in [4.69, 9.17) is 9.47 Å². The molecule has 5 heteroatoms. The average molecular weight is 426 g/mol. The van der Waals surface area contributed by atoms with Crippen molar-refractivity contribution in [2.45, 2.75) is 20.3 Å². The smallest absolute Gasteiger partial charge is 0.329 e. The SMILES string of the molecule is C=C(c1ccccc1)C(CC#CI)(C(=O)OCC)C(=O)OCC. The highest BCUT2D eigenvalue weighted by Gasteiger charge is 2.51. The van der Waals surface area contributed by atoms with Gasteiger partial charge in [-0.3, -0.25) is 9.59 Å². The molecule has 4 nitrogen and oxygen atoms in total. The highest BCUT2D eigenvalue weighted by molar-refractivity contribution is 14.1. The molecule has 0 unspecified atom stereocenters. The van der Waals surface area contributed by atoms with E-state index in [-0.39, 0.29) is 19.6 Å². The van der Waals surface area contributed by atoms with Crippen molar-refractivity contribution in [3.63, 3.8) is 0 Å². The van der Waals surface area contributed by atoms with Crippen LogP contribution in [0.3, 0.4) is 0 Å². The zero-order valence-electron chi connectivity index (χ0n) is 13.2. The summed E-state index contributed by atoms with van der Waals surface area (Å²) in [6, 6.07) is 9.04. The van der Waals surface area contributed by atoms with Gasteiger partial charge in [-0.2, -0.15) is 0 Å². The summed E-state index contributed by atoms with van der Waals surface area (Å²) in [6.45, 7) is 7.66. The van der Waals surface area contributed by atoms with Gasteiger partial charge in [-0.1, -0.05) is 42.8 Å². The Morgan fingerprint density at radius 3 is 2.09 bits per heavy atom. The fourth-order valence-electron chi connectivity index (χ4n) is 2.14. The van der Waals surface area contributed by atoms with E-state index in [9.17, 15) is 9.59 Å². The normalized spacial score (nSPS) is 10.2. The molecule has 0 aromatic heterocycles. The predicted octanol–water partition coefficient (Wildman–Crippen LogP) is 3.60. The summed E-state index contributed by atoms with van der Waals surface area (Å²) >= 11 is 1.86. The van der Waals surface area contributed by atoms with Crippen LogP contribution in [0.25, 0.3) is 5.57 Å². The second-order valence-corrected chi connectivity index (χ2v) is 5.18. The molecule has 0 aliphatic heterocycles. The lowest BCUT2D eigenvalue weighted by Gasteiger charge is -2.29. The number of benzene rings is 1. The summed E-state index contributed by atoms with van der Waals surface area (Å²) in [6.07, 6.45) is -0.0403. The molecule has 23 heavy (non-hydrogen) atoms. The molecule has 1 aromatic rings. The van der Waals surface area contributed by atoms with Gasteiger partial charge in [-0.05, 0) is 28.9 Å². The summed E-state index contributed by atoms with van der Waals surface area (Å²) < 4.78 is 13.0. The van der Waals surface area contributed by atoms with Crippen LogP contribution in [0.4, 0.5) is 0 Å². The summed E-state index contributed by atoms with van der Waals surface area (Å²) in [5.41, 5.74) is -0.663. The Hall–Kier alpha value is -1.81. The van der Waals surface area contributed by atoms with Crippen LogP contribution in [0.15, 0.2) is 36.9 Å². The number of halogens is 1. The lowest BCUT2D eigenvalue weighted by atomic mass is 9.75. The molecule has 1 aromatic carbocycles. The molecule has 0 aliphatic carbocycles. The second-order valence-electron chi connectivity index (χ2n) is 4.64. The van der Waals surface area contributed by atoms with Gasteiger partial charge >= 0.3 is 11.9 Å². The summed E-state index contributed by atoms with van der Waals surface area (Å²) in [5.74, 6) is 1.42. The largest absolute Gasteiger partial charge is 0.465 e. The van der Waals surface area contributed by atoms with Gasteiger partial charge in [0, 0.05) is 29.0 Å². The van der Waals surface area contributed by atoms with E-state index < -0.39 is 17.4 Å². The number of carbonyl (C=O) groups is 2. The van der Waals surface area contributed by atoms with Crippen molar-refractivity contribution < 1.29 is 19.1 Å². The fourth-order valence-corrected chi connectivity index (χ4v) is 2.33. The maximum Gasteiger partial charge on any atom is 0.329 e. The maximum atomic E-state index is 12.6. The molecular formula is C18H19IO4. The molecule has 0 saturated carbocycles. The molecule has 0 amide bonds. The Morgan fingerprint density at radius 2 is 1.65 bits per heavy atom. The van der Waals surface area contributed by atoms with Crippen LogP contribution in [0.5, 0.6) is 0 Å². The Labute approximate surface area is 150 Å². The molecule has 0 heterocycles. The highest BCUT2D eigenvalue weighted by Crippen LogP contribution is 2.40. The fraction of sp³-hybridized carbons (Fsp3) is 0.333. The second kappa shape index (κ2) is 9.36. The first-order chi connectivity index (χ1) is 11.0. The average Bonchev–Trinajstić information content (AvgIpc) is 2.56. The minimum Gasteiger partial charge on any atom is -0.465 e. The van der Waals surface area contributed by atoms with E-state index in [1.165, 1.54) is 0 Å². The molecule has 0 saturated heterocycles. The number of ether oxygens (including phenoxy) is 2. The van der Waals surface area contributed by atoms with E-state index in [0.717, 1.165) is 0 Å². The van der Waals surface area contributed by atoms with Crippen molar-refractivity contribution >= 4 is 40.1 Å². The van der Waals surface area contributed by atoms with Crippen LogP contribution in [-0.4, -0.2) is 25.2 Å². The van der Waals surface area contributed by atoms with Gasteiger partial charge in [-0.25, -0.2) is 0 Å². The number of carbonyl (C=O) groups excluding carboxylic acids is 2. The Bertz CT molecular complexity index is 607. The van der Waals surface area contributed by atoms with Gasteiger partial charge in [0.25, 0.3) is 0 Å². The molecule has 0 radical (unpaired) electrons. The minimum absolute atomic E-state index is 0.0403. The number of hydrogen-bond donors (Lipinski definition) is 0. The van der Waals surface area contributed by atoms with Crippen molar-refractivity contribution in [1.82, 2.24) is 0 Å². The van der Waals surface area contributed by atoms with Crippen molar-refractivity contribution in [3.8, 4) is 9.85 Å². The number of hydrogen-bond acceptors (Lipinski definition) is 4. The molecule has 0 fully saturated rings. The molecule has 0 atom stereocenters. The first kappa shape index (κ1) is 19.2. The van der Waals surface area contributed by atoms with Crippen molar-refractivity contribution in [1.29, 1.82) is 0 Å². The van der Waals surface area contributed by atoms with Gasteiger partial charge in [-0.15, -0.1) is 0 Å². The molecule has 0 N–H and O–H groups in total. The van der Waals surface area contributed by atoms with Crippen molar-refractivity contribution in [2.75, 3.05) is 13.2 Å². The van der Waals surface area contributed by atoms with Crippen molar-refractivity contribution in [2.24, 2.45) is 5.41 Å². The highest BCUT2D eigenvalue weighted by atomic mass is 127. The van der Waals surface area contributed by atoms with Crippen LogP contribution in [0.2, 0.25) is 0 Å². The van der Waals surface area contributed by atoms with E-state index in [2.05, 4.69) is 16.4 Å². The Morgan fingerprint density at radius 1 is 1.13 bits per heavy atom. The van der Waals surface area contributed by atoms with Crippen LogP contribution < -0.4 is 0 Å². The Balaban J connectivity index is 3.46. The zero-order chi connectivity index (χ0) is 17.3. The number of rotatable bonds is 7. The van der Waals surface area contributed by atoms with Gasteiger partial charge < -0.3 is 9.47 Å². The first-order valence-corrected chi connectivity index (χ1v) is 8.30. The standard InChI is InChI=1S/C18H19IO4/c1-4-22-16(20)18(12-9-13-19,17(21)23-5-2)14(3)15-10-7-6-8-11-15/h6-8,10-11H,3-5,12H2,1-2H3. The Kier molecular flexibility index (Phi) is 7.83. The van der Waals surface area contributed by atoms with Crippen LogP contribution >= 0.6 is 22.6 Å². The van der Waals surface area contributed by atoms with Crippen LogP contribution in [-0.2, 0) is 19.1 Å². The van der Waals surface area contributed by atoms with E-state index in [0.29, 0.717) is 11.1 Å². The van der Waals surface area contributed by atoms with Gasteiger partial charge in [0.1, 0.15) is 0 Å². The molecule has 0 bridgehead atoms. The first-order valence-electron chi connectivity index (χ1n) is 7.22. The van der Waals surface area contributed by atoms with Crippen LogP contribution in [0.1, 0.15) is 25.8 Å². The van der Waals surface area contributed by atoms with Gasteiger partial charge in [0.15, 0.2) is 0 Å². The lowest BCUT2D eigenvalue weighted by molar-refractivity contribution is -0.166. The molecule has 0 aliphatic rings. The maximum absolute atomic E-state index is 12.6. The minimum atomic E-state index is -1.66. The lowest BCUT2D eigenvalue weighted by Crippen LogP contribution is -2.42. The quantitative estimate of drug-likeness (QED) is 0.290. The summed E-state index contributed by atoms with van der Waals surface area (Å²) in [7, 11) is 0. The van der Waals surface area contributed by atoms with Crippen LogP contribution in [0, 0.1) is 15.3 Å². The third-order valence-corrected chi connectivity index (χ3v) is 3.69. The van der Waals surface area contributed by atoms with Gasteiger partial charge in [0.2, 0.25) is 5.41 Å². The topological polar surface area (TPSA) is 52.6 Å². The number of esters is 2. The third kappa shape index (κ3) is 4.35. The predicted molar refractivity (Wildman–Crippen MR) is 97.6 cm³/mol. The molecular weight excluding hydrogens is 407 g/mol. The van der Waals surface area contributed by atoms with E-state index in [1.807, 2.05) is 40.8 Å². The van der Waals surface area contributed by atoms with E-state index >= 15 is 0 Å². The van der Waals surface area contributed by atoms with Gasteiger partial charge in [0.05, 0.1) is 13.2 Å². The monoisotopic (exact) mass is 426 g/mol. The molecule has 122 valence electrons. The molecule has 1 rings (SSSR count). The zero-order valence-corrected chi connectivity index (χ0v) is 15.4. The van der Waals surface area contributed by atoms with E-state index in [1.54, 1.807) is 26.0 Å².